The Labute approximate surface area is 161 Å². The van der Waals surface area contributed by atoms with Gasteiger partial charge < -0.3 is 9.47 Å². The zero-order chi connectivity index (χ0) is 19.0. The van der Waals surface area contributed by atoms with Gasteiger partial charge in [-0.3, -0.25) is 0 Å². The average Bonchev–Trinajstić information content (AvgIpc) is 3.08. The molecule has 0 unspecified atom stereocenters. The highest BCUT2D eigenvalue weighted by atomic mass is 16.5. The van der Waals surface area contributed by atoms with Crippen molar-refractivity contribution in [3.05, 3.63) is 94.0 Å². The summed E-state index contributed by atoms with van der Waals surface area (Å²) in [5.41, 5.74) is 10.4. The molecule has 0 spiro atoms. The molecule has 0 atom stereocenters. The van der Waals surface area contributed by atoms with E-state index < -0.39 is 0 Å². The normalized spacial score (nSPS) is 12.9. The van der Waals surface area contributed by atoms with E-state index in [-0.39, 0.29) is 0 Å². The molecule has 0 heterocycles. The summed E-state index contributed by atoms with van der Waals surface area (Å²) in [7, 11) is 3.43. The minimum atomic E-state index is 0.879. The van der Waals surface area contributed by atoms with E-state index in [1.807, 2.05) is 12.1 Å². The SMILES string of the molecule is COc1ccc(C2=C(c3ccc(C)cc3)c3cc(OC)cc(C)c3C2)cc1. The maximum atomic E-state index is 5.56. The lowest BCUT2D eigenvalue weighted by Crippen LogP contribution is -1.93. The van der Waals surface area contributed by atoms with E-state index in [0.717, 1.165) is 17.9 Å². The fourth-order valence-electron chi connectivity index (χ4n) is 3.88. The Balaban J connectivity index is 1.94. The zero-order valence-corrected chi connectivity index (χ0v) is 16.3. The van der Waals surface area contributed by atoms with Crippen molar-refractivity contribution in [1.82, 2.24) is 0 Å². The highest BCUT2D eigenvalue weighted by Gasteiger charge is 2.26. The highest BCUT2D eigenvalue weighted by Crippen LogP contribution is 2.45. The molecule has 4 rings (SSSR count). The van der Waals surface area contributed by atoms with Crippen LogP contribution in [0.1, 0.15) is 33.4 Å². The summed E-state index contributed by atoms with van der Waals surface area (Å²) < 4.78 is 10.9. The number of rotatable bonds is 4. The summed E-state index contributed by atoms with van der Waals surface area (Å²) >= 11 is 0. The number of aryl methyl sites for hydroxylation is 2. The van der Waals surface area contributed by atoms with Crippen molar-refractivity contribution in [2.75, 3.05) is 14.2 Å². The molecule has 1 aliphatic carbocycles. The third-order valence-electron chi connectivity index (χ3n) is 5.39. The fourth-order valence-corrected chi connectivity index (χ4v) is 3.88. The molecule has 0 aliphatic heterocycles. The molecule has 0 fully saturated rings. The number of methoxy groups -OCH3 is 2. The lowest BCUT2D eigenvalue weighted by molar-refractivity contribution is 0.414. The van der Waals surface area contributed by atoms with Gasteiger partial charge in [0.05, 0.1) is 14.2 Å². The molecule has 0 bridgehead atoms. The Morgan fingerprint density at radius 2 is 1.33 bits per heavy atom. The summed E-state index contributed by atoms with van der Waals surface area (Å²) in [5.74, 6) is 1.79. The molecular weight excluding hydrogens is 332 g/mol. The summed E-state index contributed by atoms with van der Waals surface area (Å²) in [6.07, 6.45) is 0.931. The molecule has 3 aromatic rings. The molecule has 136 valence electrons. The number of hydrogen-bond donors (Lipinski definition) is 0. The Kier molecular flexibility index (Phi) is 4.49. The van der Waals surface area contributed by atoms with E-state index in [0.29, 0.717) is 0 Å². The van der Waals surface area contributed by atoms with Gasteiger partial charge in [-0.05, 0) is 83.5 Å². The number of fused-ring (bicyclic) bond motifs is 1. The van der Waals surface area contributed by atoms with Gasteiger partial charge in [0.2, 0.25) is 0 Å². The Hall–Kier alpha value is -3.00. The minimum Gasteiger partial charge on any atom is -0.497 e. The summed E-state index contributed by atoms with van der Waals surface area (Å²) in [5, 5.41) is 0. The summed E-state index contributed by atoms with van der Waals surface area (Å²) in [4.78, 5) is 0. The Bertz CT molecular complexity index is 1010. The third kappa shape index (κ3) is 3.12. The average molecular weight is 356 g/mol. The standard InChI is InChI=1S/C25H24O2/c1-16-5-7-19(8-6-16)25-23(18-9-11-20(26-3)12-10-18)15-22-17(2)13-21(27-4)14-24(22)25/h5-14H,15H2,1-4H3. The maximum Gasteiger partial charge on any atom is 0.119 e. The molecule has 0 radical (unpaired) electrons. The zero-order valence-electron chi connectivity index (χ0n) is 16.3. The van der Waals surface area contributed by atoms with E-state index in [4.69, 9.17) is 9.47 Å². The van der Waals surface area contributed by atoms with Crippen LogP contribution in [-0.4, -0.2) is 14.2 Å². The van der Waals surface area contributed by atoms with Crippen LogP contribution in [0.15, 0.2) is 60.7 Å². The molecular formula is C25H24O2. The predicted octanol–water partition coefficient (Wildman–Crippen LogP) is 5.84. The molecule has 27 heavy (non-hydrogen) atoms. The largest absolute Gasteiger partial charge is 0.497 e. The van der Waals surface area contributed by atoms with Crippen molar-refractivity contribution >= 4 is 11.1 Å². The van der Waals surface area contributed by atoms with E-state index in [2.05, 4.69) is 62.4 Å². The van der Waals surface area contributed by atoms with Gasteiger partial charge in [-0.1, -0.05) is 42.0 Å². The van der Waals surface area contributed by atoms with Crippen molar-refractivity contribution in [1.29, 1.82) is 0 Å². The van der Waals surface area contributed by atoms with Gasteiger partial charge in [-0.25, -0.2) is 0 Å². The van der Waals surface area contributed by atoms with E-state index in [1.54, 1.807) is 14.2 Å². The van der Waals surface area contributed by atoms with Crippen molar-refractivity contribution < 1.29 is 9.47 Å². The van der Waals surface area contributed by atoms with Gasteiger partial charge in [-0.2, -0.15) is 0 Å². The smallest absolute Gasteiger partial charge is 0.119 e. The molecule has 0 saturated carbocycles. The van der Waals surface area contributed by atoms with Crippen molar-refractivity contribution in [2.45, 2.75) is 20.3 Å². The summed E-state index contributed by atoms with van der Waals surface area (Å²) in [6, 6.07) is 21.5. The highest BCUT2D eigenvalue weighted by molar-refractivity contribution is 6.04. The van der Waals surface area contributed by atoms with Crippen LogP contribution in [0.25, 0.3) is 11.1 Å². The first-order valence-corrected chi connectivity index (χ1v) is 9.23. The first-order chi connectivity index (χ1) is 13.1. The monoisotopic (exact) mass is 356 g/mol. The van der Waals surface area contributed by atoms with E-state index in [1.165, 1.54) is 44.5 Å². The van der Waals surface area contributed by atoms with Crippen molar-refractivity contribution in [2.24, 2.45) is 0 Å². The number of allylic oxidation sites excluding steroid dienone is 1. The third-order valence-corrected chi connectivity index (χ3v) is 5.39. The quantitative estimate of drug-likeness (QED) is 0.585. The van der Waals surface area contributed by atoms with Crippen LogP contribution in [0.4, 0.5) is 0 Å². The van der Waals surface area contributed by atoms with Gasteiger partial charge in [-0.15, -0.1) is 0 Å². The van der Waals surface area contributed by atoms with E-state index in [9.17, 15) is 0 Å². The number of ether oxygens (including phenoxy) is 2. The lowest BCUT2D eigenvalue weighted by Gasteiger charge is -2.12. The maximum absolute atomic E-state index is 5.56. The van der Waals surface area contributed by atoms with Crippen LogP contribution in [0.3, 0.4) is 0 Å². The Morgan fingerprint density at radius 1 is 0.704 bits per heavy atom. The van der Waals surface area contributed by atoms with Crippen LogP contribution in [0, 0.1) is 13.8 Å². The van der Waals surface area contributed by atoms with Crippen LogP contribution in [0.2, 0.25) is 0 Å². The molecule has 0 aromatic heterocycles. The van der Waals surface area contributed by atoms with Crippen molar-refractivity contribution in [3.63, 3.8) is 0 Å². The van der Waals surface area contributed by atoms with E-state index >= 15 is 0 Å². The fraction of sp³-hybridized carbons (Fsp3) is 0.200. The number of benzene rings is 3. The van der Waals surface area contributed by atoms with Gasteiger partial charge in [0, 0.05) is 0 Å². The first-order valence-electron chi connectivity index (χ1n) is 9.23. The molecule has 1 aliphatic rings. The van der Waals surface area contributed by atoms with Gasteiger partial charge in [0.25, 0.3) is 0 Å². The second-order valence-corrected chi connectivity index (χ2v) is 7.10. The van der Waals surface area contributed by atoms with Crippen LogP contribution < -0.4 is 9.47 Å². The first kappa shape index (κ1) is 17.4. The predicted molar refractivity (Wildman–Crippen MR) is 112 cm³/mol. The van der Waals surface area contributed by atoms with Crippen LogP contribution in [0.5, 0.6) is 11.5 Å². The van der Waals surface area contributed by atoms with Gasteiger partial charge in [0.15, 0.2) is 0 Å². The van der Waals surface area contributed by atoms with Crippen LogP contribution in [-0.2, 0) is 6.42 Å². The van der Waals surface area contributed by atoms with Gasteiger partial charge >= 0.3 is 0 Å². The van der Waals surface area contributed by atoms with Crippen molar-refractivity contribution in [3.8, 4) is 11.5 Å². The molecule has 3 aromatic carbocycles. The molecule has 0 saturated heterocycles. The second kappa shape index (κ2) is 6.96. The Morgan fingerprint density at radius 3 is 1.96 bits per heavy atom. The second-order valence-electron chi connectivity index (χ2n) is 7.10. The van der Waals surface area contributed by atoms with Crippen LogP contribution >= 0.6 is 0 Å². The lowest BCUT2D eigenvalue weighted by atomic mass is 9.93. The molecule has 0 amide bonds. The molecule has 2 nitrogen and oxygen atoms in total. The van der Waals surface area contributed by atoms with Gasteiger partial charge in [0.1, 0.15) is 11.5 Å². The molecule has 2 heteroatoms. The molecule has 0 N–H and O–H groups in total. The minimum absolute atomic E-state index is 0.879. The summed E-state index contributed by atoms with van der Waals surface area (Å²) in [6.45, 7) is 4.30. The topological polar surface area (TPSA) is 18.5 Å². The number of hydrogen-bond acceptors (Lipinski definition) is 2.